The largest absolute Gasteiger partial charge is 0.355 e. The normalized spacial score (nSPS) is 24.6. The fourth-order valence-electron chi connectivity index (χ4n) is 1.46. The predicted octanol–water partition coefficient (Wildman–Crippen LogP) is 0.266. The molecule has 0 spiro atoms. The molecule has 1 heterocycles. The molecule has 2 atom stereocenters. The topological polar surface area (TPSA) is 41.1 Å². The van der Waals surface area contributed by atoms with Crippen LogP contribution in [0.3, 0.4) is 0 Å². The van der Waals surface area contributed by atoms with Crippen molar-refractivity contribution in [3.63, 3.8) is 0 Å². The number of carbonyl (C=O) groups excluding carboxylic acids is 1. The van der Waals surface area contributed by atoms with E-state index >= 15 is 0 Å². The third-order valence-corrected chi connectivity index (χ3v) is 2.30. The van der Waals surface area contributed by atoms with Crippen LogP contribution in [-0.2, 0) is 4.79 Å². The van der Waals surface area contributed by atoms with Gasteiger partial charge in [-0.3, -0.25) is 10.1 Å². The highest BCUT2D eigenvalue weighted by Crippen LogP contribution is 2.04. The van der Waals surface area contributed by atoms with Crippen molar-refractivity contribution in [3.05, 3.63) is 0 Å². The Kier molecular flexibility index (Phi) is 3.78. The van der Waals surface area contributed by atoms with E-state index in [1.165, 1.54) is 0 Å². The summed E-state index contributed by atoms with van der Waals surface area (Å²) in [6.45, 7) is 2.81. The third kappa shape index (κ3) is 2.74. The summed E-state index contributed by atoms with van der Waals surface area (Å²) in [4.78, 5) is 11.3. The number of hydrogen-bond acceptors (Lipinski definition) is 2. The first-order valence-corrected chi connectivity index (χ1v) is 4.77. The second kappa shape index (κ2) is 4.88. The first-order chi connectivity index (χ1) is 6.27. The van der Waals surface area contributed by atoms with Gasteiger partial charge in [0.05, 0.1) is 12.1 Å². The van der Waals surface area contributed by atoms with Gasteiger partial charge in [0, 0.05) is 6.54 Å². The SMILES string of the molecule is C#CC(CC)NC1CCCNC1=O. The van der Waals surface area contributed by atoms with E-state index in [2.05, 4.69) is 16.6 Å². The van der Waals surface area contributed by atoms with Crippen molar-refractivity contribution in [1.29, 1.82) is 0 Å². The smallest absolute Gasteiger partial charge is 0.237 e. The molecule has 3 nitrogen and oxygen atoms in total. The number of terminal acetylenes is 1. The summed E-state index contributed by atoms with van der Waals surface area (Å²) < 4.78 is 0. The Balaban J connectivity index is 2.42. The van der Waals surface area contributed by atoms with Crippen LogP contribution in [0.2, 0.25) is 0 Å². The lowest BCUT2D eigenvalue weighted by Crippen LogP contribution is -2.51. The number of hydrogen-bond donors (Lipinski definition) is 2. The fraction of sp³-hybridized carbons (Fsp3) is 0.700. The van der Waals surface area contributed by atoms with Crippen LogP contribution in [0.15, 0.2) is 0 Å². The van der Waals surface area contributed by atoms with Gasteiger partial charge in [-0.1, -0.05) is 12.8 Å². The first kappa shape index (κ1) is 10.1. The molecule has 72 valence electrons. The number of piperidine rings is 1. The lowest BCUT2D eigenvalue weighted by Gasteiger charge is -2.25. The highest BCUT2D eigenvalue weighted by atomic mass is 16.2. The van der Waals surface area contributed by atoms with Crippen molar-refractivity contribution in [1.82, 2.24) is 10.6 Å². The molecule has 0 aromatic carbocycles. The molecule has 2 unspecified atom stereocenters. The van der Waals surface area contributed by atoms with Crippen molar-refractivity contribution in [2.75, 3.05) is 6.54 Å². The summed E-state index contributed by atoms with van der Waals surface area (Å²) >= 11 is 0. The van der Waals surface area contributed by atoms with Gasteiger partial charge in [-0.05, 0) is 19.3 Å². The van der Waals surface area contributed by atoms with Crippen LogP contribution in [0.1, 0.15) is 26.2 Å². The van der Waals surface area contributed by atoms with Gasteiger partial charge in [-0.25, -0.2) is 0 Å². The molecule has 1 aliphatic rings. The van der Waals surface area contributed by atoms with E-state index < -0.39 is 0 Å². The Morgan fingerprint density at radius 1 is 1.85 bits per heavy atom. The van der Waals surface area contributed by atoms with Gasteiger partial charge in [0.15, 0.2) is 0 Å². The predicted molar refractivity (Wildman–Crippen MR) is 52.1 cm³/mol. The number of carbonyl (C=O) groups is 1. The van der Waals surface area contributed by atoms with Crippen molar-refractivity contribution in [2.24, 2.45) is 0 Å². The molecule has 3 heteroatoms. The molecule has 1 saturated heterocycles. The van der Waals surface area contributed by atoms with Gasteiger partial charge in [-0.15, -0.1) is 6.42 Å². The number of amides is 1. The van der Waals surface area contributed by atoms with Gasteiger partial charge >= 0.3 is 0 Å². The highest BCUT2D eigenvalue weighted by molar-refractivity contribution is 5.82. The second-order valence-corrected chi connectivity index (χ2v) is 3.28. The molecule has 0 aromatic rings. The minimum absolute atomic E-state index is 0.0221. The third-order valence-electron chi connectivity index (χ3n) is 2.30. The molecule has 0 aliphatic carbocycles. The standard InChI is InChI=1S/C10H16N2O/c1-3-8(4-2)12-9-6-5-7-11-10(9)13/h1,8-9,12H,4-7H2,2H3,(H,11,13). The van der Waals surface area contributed by atoms with E-state index in [0.717, 1.165) is 25.8 Å². The van der Waals surface area contributed by atoms with Crippen molar-refractivity contribution < 1.29 is 4.79 Å². The summed E-state index contributed by atoms with van der Waals surface area (Å²) in [5, 5.41) is 5.97. The van der Waals surface area contributed by atoms with E-state index in [1.54, 1.807) is 0 Å². The van der Waals surface area contributed by atoms with Crippen molar-refractivity contribution in [3.8, 4) is 12.3 Å². The molecule has 1 fully saturated rings. The van der Waals surface area contributed by atoms with Crippen LogP contribution in [0.25, 0.3) is 0 Å². The maximum atomic E-state index is 11.3. The van der Waals surface area contributed by atoms with E-state index in [4.69, 9.17) is 6.42 Å². The van der Waals surface area contributed by atoms with Gasteiger partial charge in [0.25, 0.3) is 0 Å². The van der Waals surface area contributed by atoms with Crippen LogP contribution in [0.4, 0.5) is 0 Å². The maximum absolute atomic E-state index is 11.3. The Morgan fingerprint density at radius 2 is 2.62 bits per heavy atom. The summed E-state index contributed by atoms with van der Waals surface area (Å²) in [6.07, 6.45) is 8.09. The van der Waals surface area contributed by atoms with E-state index in [0.29, 0.717) is 0 Å². The van der Waals surface area contributed by atoms with Gasteiger partial charge in [-0.2, -0.15) is 0 Å². The average Bonchev–Trinajstić information content (AvgIpc) is 2.17. The van der Waals surface area contributed by atoms with Gasteiger partial charge < -0.3 is 5.32 Å². The van der Waals surface area contributed by atoms with E-state index in [-0.39, 0.29) is 18.0 Å². The summed E-state index contributed by atoms with van der Waals surface area (Å²) in [5.41, 5.74) is 0. The zero-order valence-corrected chi connectivity index (χ0v) is 7.97. The van der Waals surface area contributed by atoms with Gasteiger partial charge in [0.1, 0.15) is 0 Å². The molecule has 0 radical (unpaired) electrons. The molecule has 2 N–H and O–H groups in total. The van der Waals surface area contributed by atoms with Crippen molar-refractivity contribution >= 4 is 5.91 Å². The molecule has 13 heavy (non-hydrogen) atoms. The van der Waals surface area contributed by atoms with Crippen LogP contribution in [0, 0.1) is 12.3 Å². The van der Waals surface area contributed by atoms with Gasteiger partial charge in [0.2, 0.25) is 5.91 Å². The highest BCUT2D eigenvalue weighted by Gasteiger charge is 2.22. The Morgan fingerprint density at radius 3 is 3.15 bits per heavy atom. The first-order valence-electron chi connectivity index (χ1n) is 4.77. The number of rotatable bonds is 3. The quantitative estimate of drug-likeness (QED) is 0.612. The molecule has 1 amide bonds. The minimum Gasteiger partial charge on any atom is -0.355 e. The molecular formula is C10H16N2O. The van der Waals surface area contributed by atoms with Crippen LogP contribution < -0.4 is 10.6 Å². The zero-order chi connectivity index (χ0) is 9.68. The Bertz CT molecular complexity index is 219. The fourth-order valence-corrected chi connectivity index (χ4v) is 1.46. The van der Waals surface area contributed by atoms with Crippen molar-refractivity contribution in [2.45, 2.75) is 38.3 Å². The molecular weight excluding hydrogens is 164 g/mol. The second-order valence-electron chi connectivity index (χ2n) is 3.28. The summed E-state index contributed by atoms with van der Waals surface area (Å²) in [6, 6.07) is -0.0661. The molecule has 1 rings (SSSR count). The molecule has 1 aliphatic heterocycles. The van der Waals surface area contributed by atoms with E-state index in [9.17, 15) is 4.79 Å². The zero-order valence-electron chi connectivity index (χ0n) is 7.97. The molecule has 0 bridgehead atoms. The monoisotopic (exact) mass is 180 g/mol. The van der Waals surface area contributed by atoms with Crippen LogP contribution in [0.5, 0.6) is 0 Å². The molecule has 0 aromatic heterocycles. The lowest BCUT2D eigenvalue weighted by molar-refractivity contribution is -0.124. The average molecular weight is 180 g/mol. The summed E-state index contributed by atoms with van der Waals surface area (Å²) in [5.74, 6) is 2.71. The Hall–Kier alpha value is -1.01. The van der Waals surface area contributed by atoms with Crippen LogP contribution in [-0.4, -0.2) is 24.5 Å². The number of nitrogens with one attached hydrogen (secondary N) is 2. The van der Waals surface area contributed by atoms with Crippen LogP contribution >= 0.6 is 0 Å². The Labute approximate surface area is 79.3 Å². The lowest BCUT2D eigenvalue weighted by atomic mass is 10.1. The molecule has 0 saturated carbocycles. The van der Waals surface area contributed by atoms with E-state index in [1.807, 2.05) is 6.92 Å². The maximum Gasteiger partial charge on any atom is 0.237 e. The minimum atomic E-state index is -0.0882. The summed E-state index contributed by atoms with van der Waals surface area (Å²) in [7, 11) is 0.